The molecule has 1 saturated carbocycles. The Bertz CT molecular complexity index is 1250. The lowest BCUT2D eigenvalue weighted by Gasteiger charge is -2.38. The molecule has 0 saturated heterocycles. The van der Waals surface area contributed by atoms with E-state index in [-0.39, 0.29) is 42.4 Å². The van der Waals surface area contributed by atoms with Gasteiger partial charge in [-0.1, -0.05) is 42.6 Å². The van der Waals surface area contributed by atoms with Crippen molar-refractivity contribution in [2.75, 3.05) is 12.4 Å². The second-order valence-corrected chi connectivity index (χ2v) is 9.75. The second kappa shape index (κ2) is 12.2. The number of amides is 2. The van der Waals surface area contributed by atoms with Gasteiger partial charge in [-0.3, -0.25) is 9.59 Å². The van der Waals surface area contributed by atoms with Gasteiger partial charge >= 0.3 is 0 Å². The van der Waals surface area contributed by atoms with Crippen LogP contribution < -0.4 is 15.8 Å². The van der Waals surface area contributed by atoms with Crippen LogP contribution in [0.25, 0.3) is 0 Å². The number of rotatable bonds is 8. The Labute approximate surface area is 221 Å². The molecular weight excluding hydrogens is 493 g/mol. The number of nitrogens with two attached hydrogens (primary N) is 1. The quantitative estimate of drug-likeness (QED) is 0.403. The Morgan fingerprint density at radius 2 is 1.84 bits per heavy atom. The van der Waals surface area contributed by atoms with Crippen LogP contribution in [0.15, 0.2) is 66.7 Å². The maximum absolute atomic E-state index is 13.9. The van der Waals surface area contributed by atoms with Gasteiger partial charge in [-0.15, -0.1) is 0 Å². The zero-order chi connectivity index (χ0) is 26.4. The highest BCUT2D eigenvalue weighted by Gasteiger charge is 2.32. The molecule has 1 aliphatic carbocycles. The summed E-state index contributed by atoms with van der Waals surface area (Å²) in [5, 5.41) is 3.38. The van der Waals surface area contributed by atoms with Gasteiger partial charge in [0.25, 0.3) is 5.91 Å². The first kappa shape index (κ1) is 26.6. The lowest BCUT2D eigenvalue weighted by atomic mass is 9.89. The van der Waals surface area contributed by atoms with E-state index in [1.807, 2.05) is 24.3 Å². The first-order valence-corrected chi connectivity index (χ1v) is 12.7. The van der Waals surface area contributed by atoms with Gasteiger partial charge in [0.1, 0.15) is 11.6 Å². The van der Waals surface area contributed by atoms with E-state index < -0.39 is 5.82 Å². The molecule has 1 fully saturated rings. The molecule has 2 unspecified atom stereocenters. The summed E-state index contributed by atoms with van der Waals surface area (Å²) in [5.41, 5.74) is 8.80. The zero-order valence-corrected chi connectivity index (χ0v) is 21.5. The fourth-order valence-corrected chi connectivity index (χ4v) is 4.92. The molecule has 2 atom stereocenters. The number of anilines is 1. The van der Waals surface area contributed by atoms with Gasteiger partial charge in [0, 0.05) is 34.9 Å². The van der Waals surface area contributed by atoms with Crippen molar-refractivity contribution in [3.8, 4) is 5.75 Å². The predicted octanol–water partition coefficient (Wildman–Crippen LogP) is 5.58. The van der Waals surface area contributed by atoms with Crippen LogP contribution in [0, 0.1) is 5.82 Å². The summed E-state index contributed by atoms with van der Waals surface area (Å²) < 4.78 is 19.1. The third-order valence-electron chi connectivity index (χ3n) is 6.71. The van der Waals surface area contributed by atoms with Crippen LogP contribution >= 0.6 is 11.6 Å². The fourth-order valence-electron chi connectivity index (χ4n) is 4.75. The monoisotopic (exact) mass is 523 g/mol. The Balaban J connectivity index is 1.54. The largest absolute Gasteiger partial charge is 0.497 e. The average molecular weight is 524 g/mol. The van der Waals surface area contributed by atoms with Crippen molar-refractivity contribution in [3.05, 3.63) is 94.3 Å². The number of methoxy groups -OCH3 is 1. The van der Waals surface area contributed by atoms with Crippen LogP contribution in [0.3, 0.4) is 0 Å². The zero-order valence-electron chi connectivity index (χ0n) is 20.8. The molecule has 0 spiro atoms. The van der Waals surface area contributed by atoms with Crippen molar-refractivity contribution in [3.63, 3.8) is 0 Å². The maximum atomic E-state index is 13.9. The normalized spacial score (nSPS) is 17.2. The average Bonchev–Trinajstić information content (AvgIpc) is 2.89. The minimum Gasteiger partial charge on any atom is -0.497 e. The first-order chi connectivity index (χ1) is 17.8. The van der Waals surface area contributed by atoms with Crippen molar-refractivity contribution in [2.45, 2.75) is 50.7 Å². The lowest BCUT2D eigenvalue weighted by Crippen LogP contribution is -2.51. The highest BCUT2D eigenvalue weighted by Crippen LogP contribution is 2.29. The summed E-state index contributed by atoms with van der Waals surface area (Å²) in [7, 11) is 1.59. The Morgan fingerprint density at radius 1 is 1.08 bits per heavy atom. The molecular formula is C29H31ClFN3O3. The summed E-state index contributed by atoms with van der Waals surface area (Å²) in [4.78, 5) is 27.9. The van der Waals surface area contributed by atoms with Crippen molar-refractivity contribution >= 4 is 29.1 Å². The third-order valence-corrected chi connectivity index (χ3v) is 7.08. The smallest absolute Gasteiger partial charge is 0.254 e. The molecule has 194 valence electrons. The number of nitrogens with zero attached hydrogens (tertiary/aromatic N) is 1. The summed E-state index contributed by atoms with van der Waals surface area (Å²) in [5.74, 6) is -0.229. The van der Waals surface area contributed by atoms with Crippen molar-refractivity contribution < 1.29 is 18.7 Å². The minimum atomic E-state index is -0.474. The van der Waals surface area contributed by atoms with E-state index in [9.17, 15) is 14.0 Å². The number of hydrogen-bond donors (Lipinski definition) is 2. The molecule has 8 heteroatoms. The molecule has 3 aromatic rings. The standard InChI is InChI=1S/C29H31ClFN3O3/c1-37-24-12-9-19(10-13-24)15-28(35)33-23-11-14-25(30)21(17-23)18-34(27-8-3-2-7-26(27)32)29(36)20-5-4-6-22(31)16-20/h4-6,9-14,16-17,26-27H,2-3,7-8,15,18,32H2,1H3,(H,33,35). The van der Waals surface area contributed by atoms with E-state index in [0.717, 1.165) is 37.0 Å². The number of carbonyl (C=O) groups is 2. The van der Waals surface area contributed by atoms with Gasteiger partial charge in [-0.05, 0) is 72.5 Å². The Hall–Kier alpha value is -3.42. The number of ether oxygens (including phenoxy) is 1. The van der Waals surface area contributed by atoms with E-state index in [4.69, 9.17) is 22.1 Å². The van der Waals surface area contributed by atoms with Gasteiger partial charge in [0.2, 0.25) is 5.91 Å². The molecule has 0 aliphatic heterocycles. The highest BCUT2D eigenvalue weighted by atomic mass is 35.5. The topological polar surface area (TPSA) is 84.7 Å². The van der Waals surface area contributed by atoms with E-state index >= 15 is 0 Å². The summed E-state index contributed by atoms with van der Waals surface area (Å²) >= 11 is 6.53. The van der Waals surface area contributed by atoms with Crippen molar-refractivity contribution in [1.82, 2.24) is 4.90 Å². The van der Waals surface area contributed by atoms with Crippen LogP contribution in [-0.2, 0) is 17.8 Å². The number of halogens is 2. The molecule has 37 heavy (non-hydrogen) atoms. The van der Waals surface area contributed by atoms with E-state index in [1.165, 1.54) is 18.2 Å². The molecule has 3 aromatic carbocycles. The maximum Gasteiger partial charge on any atom is 0.254 e. The highest BCUT2D eigenvalue weighted by molar-refractivity contribution is 6.31. The Kier molecular flexibility index (Phi) is 8.79. The molecule has 0 bridgehead atoms. The number of carbonyl (C=O) groups excluding carboxylic acids is 2. The number of benzene rings is 3. The molecule has 0 heterocycles. The third kappa shape index (κ3) is 6.87. The molecule has 6 nitrogen and oxygen atoms in total. The molecule has 4 rings (SSSR count). The van der Waals surface area contributed by atoms with Gasteiger partial charge in [-0.25, -0.2) is 4.39 Å². The van der Waals surface area contributed by atoms with Crippen LogP contribution in [0.5, 0.6) is 5.75 Å². The van der Waals surface area contributed by atoms with Gasteiger partial charge in [0.15, 0.2) is 0 Å². The van der Waals surface area contributed by atoms with E-state index in [2.05, 4.69) is 5.32 Å². The molecule has 1 aliphatic rings. The van der Waals surface area contributed by atoms with Crippen LogP contribution in [-0.4, -0.2) is 35.9 Å². The molecule has 0 aromatic heterocycles. The Morgan fingerprint density at radius 3 is 2.54 bits per heavy atom. The van der Waals surface area contributed by atoms with Gasteiger partial charge < -0.3 is 20.7 Å². The van der Waals surface area contributed by atoms with Crippen molar-refractivity contribution in [2.24, 2.45) is 5.73 Å². The van der Waals surface area contributed by atoms with Crippen LogP contribution in [0.2, 0.25) is 5.02 Å². The predicted molar refractivity (Wildman–Crippen MR) is 143 cm³/mol. The molecule has 3 N–H and O–H groups in total. The fraction of sp³-hybridized carbons (Fsp3) is 0.310. The molecule has 2 amide bonds. The van der Waals surface area contributed by atoms with Gasteiger partial charge in [0.05, 0.1) is 13.5 Å². The molecule has 0 radical (unpaired) electrons. The minimum absolute atomic E-state index is 0.180. The van der Waals surface area contributed by atoms with E-state index in [1.54, 1.807) is 36.3 Å². The first-order valence-electron chi connectivity index (χ1n) is 12.4. The SMILES string of the molecule is COc1ccc(CC(=O)Nc2ccc(Cl)c(CN(C(=O)c3cccc(F)c3)C3CCCCC3N)c2)cc1. The van der Waals surface area contributed by atoms with Crippen LogP contribution in [0.4, 0.5) is 10.1 Å². The number of nitrogens with one attached hydrogen (secondary N) is 1. The summed E-state index contributed by atoms with van der Waals surface area (Å²) in [6, 6.07) is 17.8. The van der Waals surface area contributed by atoms with Crippen LogP contribution in [0.1, 0.15) is 47.2 Å². The van der Waals surface area contributed by atoms with E-state index in [0.29, 0.717) is 16.3 Å². The van der Waals surface area contributed by atoms with Crippen molar-refractivity contribution in [1.29, 1.82) is 0 Å². The summed E-state index contributed by atoms with van der Waals surface area (Å²) in [6.07, 6.45) is 3.74. The van der Waals surface area contributed by atoms with Gasteiger partial charge in [-0.2, -0.15) is 0 Å². The summed E-state index contributed by atoms with van der Waals surface area (Å²) in [6.45, 7) is 0.189. The lowest BCUT2D eigenvalue weighted by molar-refractivity contribution is -0.115. The number of hydrogen-bond acceptors (Lipinski definition) is 4. The second-order valence-electron chi connectivity index (χ2n) is 9.34.